The Kier molecular flexibility index (Phi) is 7.59. The Morgan fingerprint density at radius 2 is 1.78 bits per heavy atom. The van der Waals surface area contributed by atoms with Gasteiger partial charge in [0.05, 0.1) is 12.6 Å². The summed E-state index contributed by atoms with van der Waals surface area (Å²) in [5.74, 6) is -1.43. The molecule has 0 unspecified atom stereocenters. The number of esters is 1. The second kappa shape index (κ2) is 11.2. The molecule has 0 bridgehead atoms. The average molecular weight is 496 g/mol. The minimum Gasteiger partial charge on any atom is -0.508 e. The number of para-hydroxylation sites is 1. The smallest absolute Gasteiger partial charge is 0.354 e. The lowest BCUT2D eigenvalue weighted by molar-refractivity contribution is -0.136. The standard InChI is InChI=1S/C29H25N3O5/c1-18-12-22(27(34)31-16-19-6-5-8-23(33)14-19)10-11-24(18)28(35)32-26(29(36)37-2)15-20-13-21-7-3-4-9-25(21)30-17-20/h3-15,17,33H,16H2,1-2H3,(H,31,34)(H,32,35). The van der Waals surface area contributed by atoms with Gasteiger partial charge in [-0.1, -0.05) is 30.3 Å². The lowest BCUT2D eigenvalue weighted by Crippen LogP contribution is -2.29. The van der Waals surface area contributed by atoms with E-state index in [1.165, 1.54) is 25.3 Å². The number of hydrogen-bond donors (Lipinski definition) is 3. The number of carbonyl (C=O) groups excluding carboxylic acids is 3. The van der Waals surface area contributed by atoms with Gasteiger partial charge in [-0.25, -0.2) is 4.79 Å². The van der Waals surface area contributed by atoms with Gasteiger partial charge in [0.25, 0.3) is 11.8 Å². The van der Waals surface area contributed by atoms with E-state index in [0.29, 0.717) is 22.3 Å². The second-order valence-electron chi connectivity index (χ2n) is 8.35. The third-order valence-corrected chi connectivity index (χ3v) is 5.67. The molecule has 0 saturated heterocycles. The molecule has 3 aromatic carbocycles. The summed E-state index contributed by atoms with van der Waals surface area (Å²) < 4.78 is 4.85. The van der Waals surface area contributed by atoms with Crippen molar-refractivity contribution in [3.8, 4) is 5.75 Å². The maximum absolute atomic E-state index is 13.0. The first-order valence-corrected chi connectivity index (χ1v) is 11.5. The van der Waals surface area contributed by atoms with Gasteiger partial charge in [-0.05, 0) is 72.2 Å². The fraction of sp³-hybridized carbons (Fsp3) is 0.103. The SMILES string of the molecule is COC(=O)C(=Cc1cnc2ccccc2c1)NC(=O)c1ccc(C(=O)NCc2cccc(O)c2)cc1C. The average Bonchev–Trinajstić information content (AvgIpc) is 2.90. The summed E-state index contributed by atoms with van der Waals surface area (Å²) in [6.45, 7) is 1.95. The van der Waals surface area contributed by atoms with Crippen molar-refractivity contribution in [1.82, 2.24) is 15.6 Å². The molecule has 4 aromatic rings. The van der Waals surface area contributed by atoms with E-state index >= 15 is 0 Å². The molecule has 0 aliphatic heterocycles. The highest BCUT2D eigenvalue weighted by Gasteiger charge is 2.18. The van der Waals surface area contributed by atoms with Gasteiger partial charge in [-0.3, -0.25) is 14.6 Å². The van der Waals surface area contributed by atoms with Gasteiger partial charge in [-0.15, -0.1) is 0 Å². The number of phenols is 1. The predicted molar refractivity (Wildman–Crippen MR) is 140 cm³/mol. The molecule has 0 fully saturated rings. The van der Waals surface area contributed by atoms with Crippen molar-refractivity contribution in [3.05, 3.63) is 113 Å². The number of phenolic OH excluding ortho intramolecular Hbond substituents is 1. The van der Waals surface area contributed by atoms with Crippen LogP contribution in [0.15, 0.2) is 84.7 Å². The zero-order chi connectivity index (χ0) is 26.4. The van der Waals surface area contributed by atoms with Crippen LogP contribution < -0.4 is 10.6 Å². The molecule has 8 heteroatoms. The van der Waals surface area contributed by atoms with E-state index in [-0.39, 0.29) is 23.9 Å². The third kappa shape index (κ3) is 6.18. The molecule has 3 N–H and O–H groups in total. The number of carbonyl (C=O) groups is 3. The largest absolute Gasteiger partial charge is 0.508 e. The summed E-state index contributed by atoms with van der Waals surface area (Å²) in [6.07, 6.45) is 3.11. The van der Waals surface area contributed by atoms with Gasteiger partial charge in [0.2, 0.25) is 0 Å². The van der Waals surface area contributed by atoms with Gasteiger partial charge < -0.3 is 20.5 Å². The summed E-state index contributed by atoms with van der Waals surface area (Å²) in [5.41, 5.74) is 3.37. The van der Waals surface area contributed by atoms with Crippen LogP contribution in [0.5, 0.6) is 5.75 Å². The molecule has 0 saturated carbocycles. The maximum Gasteiger partial charge on any atom is 0.354 e. The Morgan fingerprint density at radius 1 is 0.973 bits per heavy atom. The number of aromatic nitrogens is 1. The highest BCUT2D eigenvalue weighted by molar-refractivity contribution is 6.05. The molecule has 8 nitrogen and oxygen atoms in total. The molecule has 0 aliphatic rings. The quantitative estimate of drug-likeness (QED) is 0.262. The van der Waals surface area contributed by atoms with Crippen LogP contribution in [0, 0.1) is 6.92 Å². The number of amides is 2. The molecule has 4 rings (SSSR count). The lowest BCUT2D eigenvalue weighted by Gasteiger charge is -2.12. The number of aryl methyl sites for hydroxylation is 1. The van der Waals surface area contributed by atoms with Crippen LogP contribution in [0.25, 0.3) is 17.0 Å². The van der Waals surface area contributed by atoms with Crippen molar-refractivity contribution in [1.29, 1.82) is 0 Å². The van der Waals surface area contributed by atoms with Gasteiger partial charge in [-0.2, -0.15) is 0 Å². The minimum atomic E-state index is -0.706. The zero-order valence-electron chi connectivity index (χ0n) is 20.3. The Labute approximate surface area is 213 Å². The number of pyridine rings is 1. The van der Waals surface area contributed by atoms with Gasteiger partial charge in [0, 0.05) is 29.3 Å². The Balaban J connectivity index is 1.50. The lowest BCUT2D eigenvalue weighted by atomic mass is 10.0. The zero-order valence-corrected chi connectivity index (χ0v) is 20.3. The first-order chi connectivity index (χ1) is 17.8. The van der Waals surface area contributed by atoms with Crippen molar-refractivity contribution < 1.29 is 24.2 Å². The number of nitrogens with zero attached hydrogens (tertiary/aromatic N) is 1. The fourth-order valence-corrected chi connectivity index (χ4v) is 3.79. The molecule has 2 amide bonds. The highest BCUT2D eigenvalue weighted by Crippen LogP contribution is 2.17. The Morgan fingerprint density at radius 3 is 2.54 bits per heavy atom. The van der Waals surface area contributed by atoms with E-state index in [4.69, 9.17) is 4.74 Å². The van der Waals surface area contributed by atoms with Crippen LogP contribution in [0.1, 0.15) is 37.4 Å². The van der Waals surface area contributed by atoms with Crippen molar-refractivity contribution in [2.75, 3.05) is 7.11 Å². The van der Waals surface area contributed by atoms with Crippen LogP contribution in [-0.4, -0.2) is 35.0 Å². The van der Waals surface area contributed by atoms with E-state index in [1.54, 1.807) is 43.5 Å². The van der Waals surface area contributed by atoms with Gasteiger partial charge >= 0.3 is 5.97 Å². The van der Waals surface area contributed by atoms with E-state index in [0.717, 1.165) is 16.5 Å². The van der Waals surface area contributed by atoms with Crippen molar-refractivity contribution >= 4 is 34.8 Å². The molecule has 1 aromatic heterocycles. The van der Waals surface area contributed by atoms with E-state index in [1.807, 2.05) is 30.3 Å². The topological polar surface area (TPSA) is 118 Å². The normalized spacial score (nSPS) is 11.1. The molecule has 37 heavy (non-hydrogen) atoms. The number of hydrogen-bond acceptors (Lipinski definition) is 6. The number of fused-ring (bicyclic) bond motifs is 1. The minimum absolute atomic E-state index is 0.0445. The monoisotopic (exact) mass is 495 g/mol. The summed E-state index contributed by atoms with van der Waals surface area (Å²) in [4.78, 5) is 42.4. The summed E-state index contributed by atoms with van der Waals surface area (Å²) in [7, 11) is 1.23. The van der Waals surface area contributed by atoms with Crippen LogP contribution in [0.4, 0.5) is 0 Å². The number of methoxy groups -OCH3 is 1. The summed E-state index contributed by atoms with van der Waals surface area (Å²) in [5, 5.41) is 15.9. The predicted octanol–water partition coefficient (Wildman–Crippen LogP) is 4.12. The first kappa shape index (κ1) is 25.1. The molecular weight excluding hydrogens is 470 g/mol. The molecule has 0 aliphatic carbocycles. The molecular formula is C29H25N3O5. The Bertz CT molecular complexity index is 1530. The van der Waals surface area contributed by atoms with Crippen LogP contribution in [0.3, 0.4) is 0 Å². The molecule has 1 heterocycles. The number of aromatic hydroxyl groups is 1. The van der Waals surface area contributed by atoms with Crippen LogP contribution in [0.2, 0.25) is 0 Å². The molecule has 0 spiro atoms. The third-order valence-electron chi connectivity index (χ3n) is 5.67. The number of benzene rings is 3. The van der Waals surface area contributed by atoms with Crippen molar-refractivity contribution in [2.45, 2.75) is 13.5 Å². The Hall–Kier alpha value is -4.98. The number of rotatable bonds is 7. The molecule has 0 radical (unpaired) electrons. The highest BCUT2D eigenvalue weighted by atomic mass is 16.5. The van der Waals surface area contributed by atoms with E-state index in [9.17, 15) is 19.5 Å². The molecule has 186 valence electrons. The number of ether oxygens (including phenoxy) is 1. The summed E-state index contributed by atoms with van der Waals surface area (Å²) >= 11 is 0. The van der Waals surface area contributed by atoms with E-state index < -0.39 is 11.9 Å². The maximum atomic E-state index is 13.0. The summed E-state index contributed by atoms with van der Waals surface area (Å²) in [6, 6.07) is 20.7. The van der Waals surface area contributed by atoms with Crippen molar-refractivity contribution in [2.24, 2.45) is 0 Å². The van der Waals surface area contributed by atoms with Crippen LogP contribution >= 0.6 is 0 Å². The van der Waals surface area contributed by atoms with E-state index in [2.05, 4.69) is 15.6 Å². The fourth-order valence-electron chi connectivity index (χ4n) is 3.79. The van der Waals surface area contributed by atoms with Gasteiger partial charge in [0.1, 0.15) is 11.4 Å². The van der Waals surface area contributed by atoms with Gasteiger partial charge in [0.15, 0.2) is 0 Å². The first-order valence-electron chi connectivity index (χ1n) is 11.5. The van der Waals surface area contributed by atoms with Crippen LogP contribution in [-0.2, 0) is 16.1 Å². The van der Waals surface area contributed by atoms with Crippen molar-refractivity contribution in [3.63, 3.8) is 0 Å². The molecule has 0 atom stereocenters. The number of nitrogens with one attached hydrogen (secondary N) is 2. The second-order valence-corrected chi connectivity index (χ2v) is 8.35.